The van der Waals surface area contributed by atoms with E-state index in [4.69, 9.17) is 4.74 Å². The zero-order valence-electron chi connectivity index (χ0n) is 8.63. The maximum Gasteiger partial charge on any atom is 0.306 e. The second kappa shape index (κ2) is 4.36. The molecular formula is C10H18O2S. The SMILES string of the molecule is COC(=O)CC(C)(C)C1CCCS1. The van der Waals surface area contributed by atoms with E-state index in [0.717, 1.165) is 0 Å². The Bertz CT molecular complexity index is 183. The van der Waals surface area contributed by atoms with Gasteiger partial charge in [-0.3, -0.25) is 4.79 Å². The minimum atomic E-state index is -0.0856. The molecule has 1 atom stereocenters. The van der Waals surface area contributed by atoms with E-state index in [1.807, 2.05) is 11.8 Å². The minimum absolute atomic E-state index is 0.0856. The fourth-order valence-corrected chi connectivity index (χ4v) is 3.24. The number of carbonyl (C=O) groups excluding carboxylic acids is 1. The first-order valence-electron chi connectivity index (χ1n) is 4.74. The van der Waals surface area contributed by atoms with Crippen molar-refractivity contribution in [3.05, 3.63) is 0 Å². The van der Waals surface area contributed by atoms with Crippen LogP contribution < -0.4 is 0 Å². The van der Waals surface area contributed by atoms with Gasteiger partial charge in [-0.1, -0.05) is 13.8 Å². The largest absolute Gasteiger partial charge is 0.469 e. The van der Waals surface area contributed by atoms with Crippen LogP contribution in [0.5, 0.6) is 0 Å². The summed E-state index contributed by atoms with van der Waals surface area (Å²) >= 11 is 1.99. The van der Waals surface area contributed by atoms with Gasteiger partial charge in [0.15, 0.2) is 0 Å². The summed E-state index contributed by atoms with van der Waals surface area (Å²) in [5.74, 6) is 1.16. The number of esters is 1. The highest BCUT2D eigenvalue weighted by atomic mass is 32.2. The summed E-state index contributed by atoms with van der Waals surface area (Å²) in [7, 11) is 1.46. The average molecular weight is 202 g/mol. The van der Waals surface area contributed by atoms with E-state index in [-0.39, 0.29) is 11.4 Å². The van der Waals surface area contributed by atoms with Crippen LogP contribution in [0, 0.1) is 5.41 Å². The van der Waals surface area contributed by atoms with Crippen molar-refractivity contribution in [3.8, 4) is 0 Å². The number of hydrogen-bond donors (Lipinski definition) is 0. The van der Waals surface area contributed by atoms with Crippen LogP contribution in [0.3, 0.4) is 0 Å². The molecule has 1 aliphatic heterocycles. The molecule has 0 saturated carbocycles. The lowest BCUT2D eigenvalue weighted by Crippen LogP contribution is -2.28. The summed E-state index contributed by atoms with van der Waals surface area (Å²) in [6, 6.07) is 0. The lowest BCUT2D eigenvalue weighted by Gasteiger charge is -2.29. The van der Waals surface area contributed by atoms with Gasteiger partial charge in [-0.25, -0.2) is 0 Å². The van der Waals surface area contributed by atoms with Gasteiger partial charge in [0.2, 0.25) is 0 Å². The van der Waals surface area contributed by atoms with E-state index in [1.54, 1.807) is 0 Å². The van der Waals surface area contributed by atoms with Crippen LogP contribution in [-0.2, 0) is 9.53 Å². The van der Waals surface area contributed by atoms with E-state index in [2.05, 4.69) is 13.8 Å². The first-order valence-corrected chi connectivity index (χ1v) is 5.79. The maximum atomic E-state index is 11.2. The third-order valence-electron chi connectivity index (χ3n) is 2.63. The molecule has 1 unspecified atom stereocenters. The normalized spacial score (nSPS) is 23.2. The summed E-state index contributed by atoms with van der Waals surface area (Å²) < 4.78 is 4.70. The molecule has 76 valence electrons. The molecule has 0 spiro atoms. The van der Waals surface area contributed by atoms with E-state index >= 15 is 0 Å². The average Bonchev–Trinajstić information content (AvgIpc) is 2.55. The van der Waals surface area contributed by atoms with Crippen molar-refractivity contribution in [2.24, 2.45) is 5.41 Å². The lowest BCUT2D eigenvalue weighted by atomic mass is 9.83. The van der Waals surface area contributed by atoms with E-state index < -0.39 is 0 Å². The quantitative estimate of drug-likeness (QED) is 0.658. The van der Waals surface area contributed by atoms with Gasteiger partial charge < -0.3 is 4.74 Å². The van der Waals surface area contributed by atoms with Crippen LogP contribution in [0.1, 0.15) is 33.1 Å². The number of methoxy groups -OCH3 is 1. The van der Waals surface area contributed by atoms with E-state index in [0.29, 0.717) is 11.7 Å². The molecule has 0 aromatic rings. The van der Waals surface area contributed by atoms with Crippen molar-refractivity contribution in [1.29, 1.82) is 0 Å². The van der Waals surface area contributed by atoms with E-state index in [1.165, 1.54) is 25.7 Å². The molecule has 0 bridgehead atoms. The molecule has 0 N–H and O–H groups in total. The van der Waals surface area contributed by atoms with Gasteiger partial charge in [0, 0.05) is 5.25 Å². The first-order chi connectivity index (χ1) is 6.06. The third kappa shape index (κ3) is 2.90. The highest BCUT2D eigenvalue weighted by Gasteiger charge is 2.34. The fraction of sp³-hybridized carbons (Fsp3) is 0.900. The van der Waals surface area contributed by atoms with Gasteiger partial charge in [-0.15, -0.1) is 0 Å². The molecule has 3 heteroatoms. The zero-order valence-corrected chi connectivity index (χ0v) is 9.45. The molecule has 1 rings (SSSR count). The van der Waals surface area contributed by atoms with Crippen molar-refractivity contribution in [2.45, 2.75) is 38.4 Å². The summed E-state index contributed by atoms with van der Waals surface area (Å²) in [6.45, 7) is 4.32. The van der Waals surface area contributed by atoms with Crippen molar-refractivity contribution in [3.63, 3.8) is 0 Å². The number of thioether (sulfide) groups is 1. The first kappa shape index (κ1) is 10.9. The molecule has 1 heterocycles. The maximum absolute atomic E-state index is 11.2. The summed E-state index contributed by atoms with van der Waals surface area (Å²) in [5.41, 5.74) is 0.0915. The van der Waals surface area contributed by atoms with Crippen LogP contribution in [0.25, 0.3) is 0 Å². The summed E-state index contributed by atoms with van der Waals surface area (Å²) in [5, 5.41) is 0.631. The minimum Gasteiger partial charge on any atom is -0.469 e. The second-order valence-corrected chi connectivity index (χ2v) is 5.55. The predicted octanol–water partition coefficient (Wildman–Crippen LogP) is 2.47. The lowest BCUT2D eigenvalue weighted by molar-refractivity contribution is -0.142. The Kier molecular flexibility index (Phi) is 3.65. The van der Waals surface area contributed by atoms with Crippen LogP contribution in [0.15, 0.2) is 0 Å². The van der Waals surface area contributed by atoms with Crippen LogP contribution >= 0.6 is 11.8 Å². The Morgan fingerprint density at radius 2 is 2.31 bits per heavy atom. The van der Waals surface area contributed by atoms with Gasteiger partial charge in [-0.05, 0) is 24.0 Å². The Labute approximate surface area is 84.4 Å². The van der Waals surface area contributed by atoms with Crippen LogP contribution in [-0.4, -0.2) is 24.1 Å². The van der Waals surface area contributed by atoms with Crippen molar-refractivity contribution >= 4 is 17.7 Å². The molecular weight excluding hydrogens is 184 g/mol. The standard InChI is InChI=1S/C10H18O2S/c1-10(2,7-9(11)12-3)8-5-4-6-13-8/h8H,4-7H2,1-3H3. The molecule has 0 aromatic heterocycles. The molecule has 1 saturated heterocycles. The molecule has 0 aliphatic carbocycles. The number of hydrogen-bond acceptors (Lipinski definition) is 3. The highest BCUT2D eigenvalue weighted by molar-refractivity contribution is 8.00. The molecule has 0 radical (unpaired) electrons. The number of carbonyl (C=O) groups is 1. The van der Waals surface area contributed by atoms with Gasteiger partial charge in [0.05, 0.1) is 13.5 Å². The molecule has 13 heavy (non-hydrogen) atoms. The summed E-state index contributed by atoms with van der Waals surface area (Å²) in [6.07, 6.45) is 3.08. The van der Waals surface area contributed by atoms with E-state index in [9.17, 15) is 4.79 Å². The zero-order chi connectivity index (χ0) is 9.90. The number of rotatable bonds is 3. The molecule has 2 nitrogen and oxygen atoms in total. The topological polar surface area (TPSA) is 26.3 Å². The Morgan fingerprint density at radius 3 is 2.77 bits per heavy atom. The highest BCUT2D eigenvalue weighted by Crippen LogP contribution is 2.41. The van der Waals surface area contributed by atoms with Gasteiger partial charge in [0.25, 0.3) is 0 Å². The Balaban J connectivity index is 2.48. The smallest absolute Gasteiger partial charge is 0.306 e. The van der Waals surface area contributed by atoms with Crippen LogP contribution in [0.4, 0.5) is 0 Å². The third-order valence-corrected chi connectivity index (χ3v) is 4.43. The van der Waals surface area contributed by atoms with Gasteiger partial charge in [0.1, 0.15) is 0 Å². The Hall–Kier alpha value is -0.180. The van der Waals surface area contributed by atoms with Crippen LogP contribution in [0.2, 0.25) is 0 Å². The monoisotopic (exact) mass is 202 g/mol. The molecule has 1 aliphatic rings. The molecule has 0 aromatic carbocycles. The fourth-order valence-electron chi connectivity index (χ4n) is 1.75. The Morgan fingerprint density at radius 1 is 1.62 bits per heavy atom. The predicted molar refractivity (Wildman–Crippen MR) is 55.9 cm³/mol. The number of ether oxygens (including phenoxy) is 1. The molecule has 0 amide bonds. The van der Waals surface area contributed by atoms with Crippen molar-refractivity contribution < 1.29 is 9.53 Å². The van der Waals surface area contributed by atoms with Crippen molar-refractivity contribution in [2.75, 3.05) is 12.9 Å². The second-order valence-electron chi connectivity index (χ2n) is 4.24. The molecule has 1 fully saturated rings. The summed E-state index contributed by atoms with van der Waals surface area (Å²) in [4.78, 5) is 11.2. The van der Waals surface area contributed by atoms with Crippen molar-refractivity contribution in [1.82, 2.24) is 0 Å². The van der Waals surface area contributed by atoms with Gasteiger partial charge in [-0.2, -0.15) is 11.8 Å². The van der Waals surface area contributed by atoms with Gasteiger partial charge >= 0.3 is 5.97 Å².